The van der Waals surface area contributed by atoms with Gasteiger partial charge in [0.15, 0.2) is 6.61 Å². The van der Waals surface area contributed by atoms with Crippen LogP contribution in [0.25, 0.3) is 0 Å². The molecule has 0 aliphatic carbocycles. The Bertz CT molecular complexity index is 673. The van der Waals surface area contributed by atoms with Crippen molar-refractivity contribution < 1.29 is 28.6 Å². The van der Waals surface area contributed by atoms with Crippen molar-refractivity contribution in [3.63, 3.8) is 0 Å². The van der Waals surface area contributed by atoms with Crippen molar-refractivity contribution in [3.8, 4) is 11.5 Å². The lowest BCUT2D eigenvalue weighted by atomic mass is 10.1. The molecule has 0 bridgehead atoms. The van der Waals surface area contributed by atoms with Crippen LogP contribution in [-0.2, 0) is 19.1 Å². The zero-order valence-electron chi connectivity index (χ0n) is 14.8. The quantitative estimate of drug-likeness (QED) is 0.702. The summed E-state index contributed by atoms with van der Waals surface area (Å²) in [5.74, 6) is -0.613. The lowest BCUT2D eigenvalue weighted by Crippen LogP contribution is -2.30. The zero-order valence-corrected chi connectivity index (χ0v) is 14.8. The Balaban J connectivity index is 2.07. The van der Waals surface area contributed by atoms with Gasteiger partial charge in [0.05, 0.1) is 25.8 Å². The summed E-state index contributed by atoms with van der Waals surface area (Å²) in [4.78, 5) is 38.8. The normalized spacial score (nSPS) is 16.6. The van der Waals surface area contributed by atoms with Crippen LogP contribution >= 0.6 is 0 Å². The number of hydrogen-bond donors (Lipinski definition) is 0. The van der Waals surface area contributed by atoms with Gasteiger partial charge in [-0.1, -0.05) is 0 Å². The smallest absolute Gasteiger partial charge is 0.311 e. The average Bonchev–Trinajstić information content (AvgIpc) is 3.00. The van der Waals surface area contributed by atoms with Crippen molar-refractivity contribution >= 4 is 23.5 Å². The predicted molar refractivity (Wildman–Crippen MR) is 89.7 cm³/mol. The van der Waals surface area contributed by atoms with Gasteiger partial charge in [-0.15, -0.1) is 0 Å². The summed E-state index contributed by atoms with van der Waals surface area (Å²) < 4.78 is 15.5. The molecule has 1 aromatic carbocycles. The van der Waals surface area contributed by atoms with Crippen molar-refractivity contribution in [1.29, 1.82) is 0 Å². The fourth-order valence-electron chi connectivity index (χ4n) is 2.49. The number of carbonyl (C=O) groups is 3. The molecule has 25 heavy (non-hydrogen) atoms. The Morgan fingerprint density at radius 1 is 1.24 bits per heavy atom. The first kappa shape index (κ1) is 18.6. The van der Waals surface area contributed by atoms with Gasteiger partial charge in [-0.2, -0.15) is 0 Å². The maximum Gasteiger partial charge on any atom is 0.311 e. The summed E-state index contributed by atoms with van der Waals surface area (Å²) in [6.45, 7) is -0.154. The summed E-state index contributed by atoms with van der Waals surface area (Å²) in [7, 11) is 6.19. The molecule has 0 unspecified atom stereocenters. The van der Waals surface area contributed by atoms with E-state index >= 15 is 0 Å². The molecular weight excluding hydrogens is 328 g/mol. The summed E-state index contributed by atoms with van der Waals surface area (Å²) >= 11 is 0. The molecule has 0 saturated carbocycles. The van der Waals surface area contributed by atoms with Crippen LogP contribution < -0.4 is 14.4 Å². The number of benzene rings is 1. The van der Waals surface area contributed by atoms with Crippen molar-refractivity contribution in [1.82, 2.24) is 4.90 Å². The first-order chi connectivity index (χ1) is 11.9. The maximum absolute atomic E-state index is 12.3. The minimum atomic E-state index is -0.616. The predicted octanol–water partition coefficient (Wildman–Crippen LogP) is 0.688. The molecule has 0 aromatic heterocycles. The van der Waals surface area contributed by atoms with Gasteiger partial charge in [-0.05, 0) is 12.1 Å². The van der Waals surface area contributed by atoms with Gasteiger partial charge in [0.25, 0.3) is 5.91 Å². The largest absolute Gasteiger partial charge is 0.497 e. The van der Waals surface area contributed by atoms with Gasteiger partial charge in [0.1, 0.15) is 11.5 Å². The van der Waals surface area contributed by atoms with E-state index in [2.05, 4.69) is 0 Å². The number of amides is 2. The number of rotatable bonds is 6. The number of esters is 1. The van der Waals surface area contributed by atoms with Gasteiger partial charge < -0.3 is 24.0 Å². The molecule has 1 saturated heterocycles. The van der Waals surface area contributed by atoms with Crippen LogP contribution in [0.1, 0.15) is 6.42 Å². The van der Waals surface area contributed by atoms with E-state index in [0.29, 0.717) is 17.2 Å². The van der Waals surface area contributed by atoms with Gasteiger partial charge in [-0.3, -0.25) is 14.4 Å². The highest BCUT2D eigenvalue weighted by molar-refractivity contribution is 6.00. The number of methoxy groups -OCH3 is 2. The maximum atomic E-state index is 12.3. The van der Waals surface area contributed by atoms with Crippen LogP contribution in [0.15, 0.2) is 18.2 Å². The van der Waals surface area contributed by atoms with E-state index < -0.39 is 11.9 Å². The molecule has 8 heteroatoms. The SMILES string of the molecule is COc1ccc(N2C[C@@H](C(=O)OCC(=O)N(C)C)CC2=O)c(OC)c1. The standard InChI is InChI=1S/C17H22N2O6/c1-18(2)16(21)10-25-17(22)11-7-15(20)19(9-11)13-6-5-12(23-3)8-14(13)24-4/h5-6,8,11H,7,9-10H2,1-4H3/t11-/m0/s1. The second-order valence-corrected chi connectivity index (χ2v) is 5.84. The summed E-state index contributed by atoms with van der Waals surface area (Å²) in [5.41, 5.74) is 0.563. The number of likely N-dealkylation sites (N-methyl/N-ethyl adjacent to an activating group) is 1. The molecule has 0 spiro atoms. The summed E-state index contributed by atoms with van der Waals surface area (Å²) in [6.07, 6.45) is 0.0319. The van der Waals surface area contributed by atoms with E-state index in [4.69, 9.17) is 14.2 Å². The molecule has 1 aliphatic heterocycles. The van der Waals surface area contributed by atoms with Crippen LogP contribution in [0.4, 0.5) is 5.69 Å². The van der Waals surface area contributed by atoms with Crippen LogP contribution in [0, 0.1) is 5.92 Å². The molecule has 8 nitrogen and oxygen atoms in total. The number of anilines is 1. The highest BCUT2D eigenvalue weighted by Crippen LogP contribution is 2.35. The molecule has 1 aromatic rings. The van der Waals surface area contributed by atoms with Gasteiger partial charge >= 0.3 is 5.97 Å². The summed E-state index contributed by atoms with van der Waals surface area (Å²) in [6, 6.07) is 5.09. The molecule has 1 aliphatic rings. The molecule has 1 atom stereocenters. The molecule has 1 heterocycles. The highest BCUT2D eigenvalue weighted by Gasteiger charge is 2.37. The third-order valence-corrected chi connectivity index (χ3v) is 3.97. The van der Waals surface area contributed by atoms with E-state index in [-0.39, 0.29) is 31.4 Å². The third kappa shape index (κ3) is 4.20. The van der Waals surface area contributed by atoms with Crippen LogP contribution in [0.2, 0.25) is 0 Å². The molecule has 2 rings (SSSR count). The Hall–Kier alpha value is -2.77. The molecule has 0 radical (unpaired) electrons. The van der Waals surface area contributed by atoms with E-state index in [9.17, 15) is 14.4 Å². The van der Waals surface area contributed by atoms with Gasteiger partial charge in [-0.25, -0.2) is 0 Å². The molecule has 2 amide bonds. The van der Waals surface area contributed by atoms with E-state index in [1.54, 1.807) is 32.3 Å². The van der Waals surface area contributed by atoms with Crippen LogP contribution in [0.5, 0.6) is 11.5 Å². The van der Waals surface area contributed by atoms with Gasteiger partial charge in [0, 0.05) is 33.1 Å². The average molecular weight is 350 g/mol. The van der Waals surface area contributed by atoms with Crippen LogP contribution in [-0.4, -0.2) is 64.2 Å². The second-order valence-electron chi connectivity index (χ2n) is 5.84. The number of ether oxygens (including phenoxy) is 3. The second kappa shape index (κ2) is 7.87. The van der Waals surface area contributed by atoms with Crippen molar-refractivity contribution in [2.45, 2.75) is 6.42 Å². The van der Waals surface area contributed by atoms with Crippen molar-refractivity contribution in [3.05, 3.63) is 18.2 Å². The van der Waals surface area contributed by atoms with E-state index in [1.165, 1.54) is 24.0 Å². The fraction of sp³-hybridized carbons (Fsp3) is 0.471. The Morgan fingerprint density at radius 3 is 2.56 bits per heavy atom. The minimum Gasteiger partial charge on any atom is -0.497 e. The number of hydrogen-bond acceptors (Lipinski definition) is 6. The van der Waals surface area contributed by atoms with Crippen molar-refractivity contribution in [2.24, 2.45) is 5.92 Å². The first-order valence-electron chi connectivity index (χ1n) is 7.76. The lowest BCUT2D eigenvalue weighted by molar-refractivity contribution is -0.154. The first-order valence-corrected chi connectivity index (χ1v) is 7.76. The Labute approximate surface area is 146 Å². The summed E-state index contributed by atoms with van der Waals surface area (Å²) in [5, 5.41) is 0. The van der Waals surface area contributed by atoms with Crippen molar-refractivity contribution in [2.75, 3.05) is 46.4 Å². The zero-order chi connectivity index (χ0) is 18.6. The Kier molecular flexibility index (Phi) is 5.84. The van der Waals surface area contributed by atoms with E-state index in [1.807, 2.05) is 0 Å². The highest BCUT2D eigenvalue weighted by atomic mass is 16.5. The fourth-order valence-corrected chi connectivity index (χ4v) is 2.49. The van der Waals surface area contributed by atoms with Gasteiger partial charge in [0.2, 0.25) is 5.91 Å². The third-order valence-electron chi connectivity index (χ3n) is 3.97. The molecule has 136 valence electrons. The number of carbonyl (C=O) groups excluding carboxylic acids is 3. The molecule has 0 N–H and O–H groups in total. The van der Waals surface area contributed by atoms with Crippen LogP contribution in [0.3, 0.4) is 0 Å². The Morgan fingerprint density at radius 2 is 1.96 bits per heavy atom. The number of nitrogens with zero attached hydrogens (tertiary/aromatic N) is 2. The molecule has 1 fully saturated rings. The minimum absolute atomic E-state index is 0.0319. The molecular formula is C17H22N2O6. The topological polar surface area (TPSA) is 85.4 Å². The monoisotopic (exact) mass is 350 g/mol. The van der Waals surface area contributed by atoms with E-state index in [0.717, 1.165) is 0 Å². The lowest BCUT2D eigenvalue weighted by Gasteiger charge is -2.20.